The van der Waals surface area contributed by atoms with Crippen molar-refractivity contribution < 1.29 is 9.47 Å². The molecule has 0 aromatic heterocycles. The molecule has 0 spiro atoms. The summed E-state index contributed by atoms with van der Waals surface area (Å²) in [7, 11) is 1.67. The normalized spacial score (nSPS) is 20.8. The van der Waals surface area contributed by atoms with Crippen LogP contribution in [0.15, 0.2) is 12.7 Å². The molecule has 1 atom stereocenters. The summed E-state index contributed by atoms with van der Waals surface area (Å²) in [6.45, 7) is 6.00. The first-order valence-corrected chi connectivity index (χ1v) is 3.81. The van der Waals surface area contributed by atoms with E-state index < -0.39 is 0 Å². The molecule has 1 rings (SSSR count). The SMILES string of the molecule is C=CC(NCOC)C1COC1. The Hall–Kier alpha value is -0.380. The lowest BCUT2D eigenvalue weighted by atomic mass is 9.98. The summed E-state index contributed by atoms with van der Waals surface area (Å²) in [4.78, 5) is 0. The van der Waals surface area contributed by atoms with E-state index >= 15 is 0 Å². The van der Waals surface area contributed by atoms with Crippen molar-refractivity contribution >= 4 is 0 Å². The largest absolute Gasteiger partial charge is 0.381 e. The zero-order chi connectivity index (χ0) is 8.10. The van der Waals surface area contributed by atoms with Crippen molar-refractivity contribution in [3.63, 3.8) is 0 Å². The first-order valence-electron chi connectivity index (χ1n) is 3.81. The summed E-state index contributed by atoms with van der Waals surface area (Å²) < 4.78 is 9.96. The van der Waals surface area contributed by atoms with Gasteiger partial charge in [-0.05, 0) is 0 Å². The molecule has 1 saturated heterocycles. The van der Waals surface area contributed by atoms with Crippen LogP contribution in [-0.2, 0) is 9.47 Å². The third-order valence-corrected chi connectivity index (χ3v) is 1.89. The summed E-state index contributed by atoms with van der Waals surface area (Å²) in [5.74, 6) is 0.586. The Kier molecular flexibility index (Phi) is 3.56. The van der Waals surface area contributed by atoms with Crippen LogP contribution in [0.2, 0.25) is 0 Å². The number of hydrogen-bond acceptors (Lipinski definition) is 3. The van der Waals surface area contributed by atoms with Crippen molar-refractivity contribution in [2.24, 2.45) is 5.92 Å². The van der Waals surface area contributed by atoms with E-state index in [1.54, 1.807) is 7.11 Å². The van der Waals surface area contributed by atoms with Gasteiger partial charge < -0.3 is 9.47 Å². The van der Waals surface area contributed by atoms with E-state index in [0.717, 1.165) is 13.2 Å². The maximum Gasteiger partial charge on any atom is 0.0966 e. The molecule has 0 aromatic rings. The van der Waals surface area contributed by atoms with Crippen LogP contribution >= 0.6 is 0 Å². The molecule has 1 unspecified atom stereocenters. The fraction of sp³-hybridized carbons (Fsp3) is 0.750. The van der Waals surface area contributed by atoms with Crippen LogP contribution in [0, 0.1) is 5.92 Å². The van der Waals surface area contributed by atoms with Gasteiger partial charge in [0.05, 0.1) is 19.9 Å². The summed E-state index contributed by atoms with van der Waals surface area (Å²) >= 11 is 0. The van der Waals surface area contributed by atoms with Crippen molar-refractivity contribution in [1.29, 1.82) is 0 Å². The molecular weight excluding hydrogens is 142 g/mol. The molecule has 3 heteroatoms. The van der Waals surface area contributed by atoms with Gasteiger partial charge in [-0.2, -0.15) is 0 Å². The second kappa shape index (κ2) is 4.49. The fourth-order valence-corrected chi connectivity index (χ4v) is 1.08. The molecule has 11 heavy (non-hydrogen) atoms. The van der Waals surface area contributed by atoms with Crippen LogP contribution in [0.1, 0.15) is 0 Å². The Morgan fingerprint density at radius 2 is 2.55 bits per heavy atom. The van der Waals surface area contributed by atoms with Crippen molar-refractivity contribution in [3.05, 3.63) is 12.7 Å². The zero-order valence-corrected chi connectivity index (χ0v) is 6.88. The Morgan fingerprint density at radius 1 is 1.82 bits per heavy atom. The number of nitrogens with one attached hydrogen (secondary N) is 1. The Balaban J connectivity index is 2.18. The van der Waals surface area contributed by atoms with Gasteiger partial charge in [0, 0.05) is 19.1 Å². The third-order valence-electron chi connectivity index (χ3n) is 1.89. The van der Waals surface area contributed by atoms with Crippen molar-refractivity contribution in [1.82, 2.24) is 5.32 Å². The summed E-state index contributed by atoms with van der Waals surface area (Å²) in [6, 6.07) is 0.337. The highest BCUT2D eigenvalue weighted by Crippen LogP contribution is 2.15. The van der Waals surface area contributed by atoms with Crippen LogP contribution in [0.25, 0.3) is 0 Å². The predicted molar refractivity (Wildman–Crippen MR) is 43.3 cm³/mol. The fourth-order valence-electron chi connectivity index (χ4n) is 1.08. The van der Waals surface area contributed by atoms with Crippen molar-refractivity contribution in [3.8, 4) is 0 Å². The highest BCUT2D eigenvalue weighted by molar-refractivity contribution is 4.92. The second-order valence-corrected chi connectivity index (χ2v) is 2.70. The van der Waals surface area contributed by atoms with Crippen LogP contribution in [0.3, 0.4) is 0 Å². The van der Waals surface area contributed by atoms with E-state index in [4.69, 9.17) is 9.47 Å². The van der Waals surface area contributed by atoms with Gasteiger partial charge in [0.15, 0.2) is 0 Å². The lowest BCUT2D eigenvalue weighted by molar-refractivity contribution is -0.0457. The van der Waals surface area contributed by atoms with E-state index in [-0.39, 0.29) is 0 Å². The molecule has 0 amide bonds. The average Bonchev–Trinajstić information content (AvgIpc) is 1.93. The third kappa shape index (κ3) is 2.29. The topological polar surface area (TPSA) is 30.5 Å². The first kappa shape index (κ1) is 8.71. The van der Waals surface area contributed by atoms with E-state index in [9.17, 15) is 0 Å². The van der Waals surface area contributed by atoms with E-state index in [1.165, 1.54) is 0 Å². The van der Waals surface area contributed by atoms with Crippen LogP contribution in [-0.4, -0.2) is 33.1 Å². The summed E-state index contributed by atoms with van der Waals surface area (Å²) in [5.41, 5.74) is 0. The standard InChI is InChI=1S/C8H15NO2/c1-3-8(9-6-10-2)7-4-11-5-7/h3,7-9H,1,4-6H2,2H3. The molecule has 64 valence electrons. The van der Waals surface area contributed by atoms with Crippen LogP contribution < -0.4 is 5.32 Å². The molecule has 0 radical (unpaired) electrons. The smallest absolute Gasteiger partial charge is 0.0966 e. The Morgan fingerprint density at radius 3 is 2.91 bits per heavy atom. The second-order valence-electron chi connectivity index (χ2n) is 2.70. The maximum absolute atomic E-state index is 5.07. The maximum atomic E-state index is 5.07. The lowest BCUT2D eigenvalue weighted by Gasteiger charge is -2.32. The highest BCUT2D eigenvalue weighted by Gasteiger charge is 2.25. The van der Waals surface area contributed by atoms with Crippen LogP contribution in [0.4, 0.5) is 0 Å². The van der Waals surface area contributed by atoms with Gasteiger partial charge in [0.1, 0.15) is 0 Å². The van der Waals surface area contributed by atoms with Gasteiger partial charge in [0.25, 0.3) is 0 Å². The van der Waals surface area contributed by atoms with E-state index in [1.807, 2.05) is 6.08 Å². The first-order chi connectivity index (χ1) is 5.38. The minimum absolute atomic E-state index is 0.337. The van der Waals surface area contributed by atoms with E-state index in [0.29, 0.717) is 18.7 Å². The van der Waals surface area contributed by atoms with Gasteiger partial charge in [-0.3, -0.25) is 5.32 Å². The lowest BCUT2D eigenvalue weighted by Crippen LogP contribution is -2.45. The molecule has 0 bridgehead atoms. The van der Waals surface area contributed by atoms with E-state index in [2.05, 4.69) is 11.9 Å². The molecule has 1 aliphatic rings. The molecule has 1 fully saturated rings. The monoisotopic (exact) mass is 157 g/mol. The molecule has 0 saturated carbocycles. The van der Waals surface area contributed by atoms with Gasteiger partial charge in [-0.15, -0.1) is 6.58 Å². The molecule has 0 aliphatic carbocycles. The van der Waals surface area contributed by atoms with Crippen molar-refractivity contribution in [2.75, 3.05) is 27.1 Å². The van der Waals surface area contributed by atoms with Crippen molar-refractivity contribution in [2.45, 2.75) is 6.04 Å². The van der Waals surface area contributed by atoms with Gasteiger partial charge in [-0.1, -0.05) is 6.08 Å². The molecule has 0 aromatic carbocycles. The Bertz CT molecular complexity index is 123. The van der Waals surface area contributed by atoms with Gasteiger partial charge in [-0.25, -0.2) is 0 Å². The number of ether oxygens (including phenoxy) is 2. The molecular formula is C8H15NO2. The summed E-state index contributed by atoms with van der Waals surface area (Å²) in [6.07, 6.45) is 1.91. The summed E-state index contributed by atoms with van der Waals surface area (Å²) in [5, 5.41) is 3.20. The molecule has 1 heterocycles. The Labute approximate surface area is 67.4 Å². The quantitative estimate of drug-likeness (QED) is 0.462. The molecule has 1 aliphatic heterocycles. The van der Waals surface area contributed by atoms with Gasteiger partial charge >= 0.3 is 0 Å². The van der Waals surface area contributed by atoms with Crippen LogP contribution in [0.5, 0.6) is 0 Å². The number of methoxy groups -OCH3 is 1. The zero-order valence-electron chi connectivity index (χ0n) is 6.88. The molecule has 1 N–H and O–H groups in total. The van der Waals surface area contributed by atoms with Gasteiger partial charge in [0.2, 0.25) is 0 Å². The predicted octanol–water partition coefficient (Wildman–Crippen LogP) is 0.381. The number of hydrogen-bond donors (Lipinski definition) is 1. The minimum Gasteiger partial charge on any atom is -0.381 e. The molecule has 3 nitrogen and oxygen atoms in total. The number of rotatable bonds is 5. The highest BCUT2D eigenvalue weighted by atomic mass is 16.5. The minimum atomic E-state index is 0.337. The average molecular weight is 157 g/mol.